The highest BCUT2D eigenvalue weighted by Crippen LogP contribution is 2.55. The number of carbonyl (C=O) groups is 2. The van der Waals surface area contributed by atoms with E-state index in [4.69, 9.17) is 4.84 Å². The molecule has 3 aromatic carbocycles. The Kier molecular flexibility index (Phi) is 4.53. The van der Waals surface area contributed by atoms with E-state index in [-0.39, 0.29) is 11.4 Å². The SMILES string of the molecule is C[C@@]12C(=O)N(c3cccc([N+](=O)[O-])c3)C(=O)[C@@H]1ON(c1ccccc1)[C@@H]2c1ccccc1. The summed E-state index contributed by atoms with van der Waals surface area (Å²) in [7, 11) is 0. The molecule has 0 bridgehead atoms. The third-order valence-corrected chi connectivity index (χ3v) is 6.10. The molecule has 2 saturated heterocycles. The zero-order valence-corrected chi connectivity index (χ0v) is 17.1. The maximum Gasteiger partial charge on any atom is 0.271 e. The van der Waals surface area contributed by atoms with Crippen LogP contribution in [-0.2, 0) is 14.4 Å². The number of hydroxylamine groups is 1. The zero-order valence-electron chi connectivity index (χ0n) is 17.1. The number of nitrogens with zero attached hydrogens (tertiary/aromatic N) is 3. The molecule has 0 N–H and O–H groups in total. The molecule has 3 atom stereocenters. The summed E-state index contributed by atoms with van der Waals surface area (Å²) in [4.78, 5) is 45.0. The highest BCUT2D eigenvalue weighted by Gasteiger charge is 2.68. The lowest BCUT2D eigenvalue weighted by molar-refractivity contribution is -0.384. The molecular weight excluding hydrogens is 410 g/mol. The van der Waals surface area contributed by atoms with Gasteiger partial charge in [-0.25, -0.2) is 9.96 Å². The average molecular weight is 429 g/mol. The smallest absolute Gasteiger partial charge is 0.271 e. The first-order valence-corrected chi connectivity index (χ1v) is 10.1. The van der Waals surface area contributed by atoms with Gasteiger partial charge in [0, 0.05) is 12.1 Å². The Bertz CT molecular complexity index is 1220. The molecule has 0 spiro atoms. The Balaban J connectivity index is 1.63. The Morgan fingerprint density at radius 1 is 0.906 bits per heavy atom. The second-order valence-electron chi connectivity index (χ2n) is 8.00. The maximum atomic E-state index is 13.8. The molecule has 2 fully saturated rings. The zero-order chi connectivity index (χ0) is 22.5. The van der Waals surface area contributed by atoms with Crippen molar-refractivity contribution < 1.29 is 19.3 Å². The van der Waals surface area contributed by atoms with Crippen LogP contribution in [0.2, 0.25) is 0 Å². The standard InChI is InChI=1S/C24H19N3O5/c1-24-20(16-9-4-2-5-10-16)26(17-11-6-3-7-12-17)32-21(24)22(28)25(23(24)29)18-13-8-14-19(15-18)27(30)31/h2-15,20-21H,1H3/t20-,21+,24+/m1/s1. The first-order chi connectivity index (χ1) is 15.4. The fourth-order valence-corrected chi connectivity index (χ4v) is 4.55. The van der Waals surface area contributed by atoms with E-state index in [2.05, 4.69) is 0 Å². The Morgan fingerprint density at radius 2 is 1.53 bits per heavy atom. The molecule has 160 valence electrons. The quantitative estimate of drug-likeness (QED) is 0.353. The second-order valence-corrected chi connectivity index (χ2v) is 8.00. The van der Waals surface area contributed by atoms with Crippen LogP contribution in [0.1, 0.15) is 18.5 Å². The molecular formula is C24H19N3O5. The largest absolute Gasteiger partial charge is 0.273 e. The van der Waals surface area contributed by atoms with Gasteiger partial charge in [0.15, 0.2) is 6.10 Å². The van der Waals surface area contributed by atoms with Crippen LogP contribution >= 0.6 is 0 Å². The van der Waals surface area contributed by atoms with Gasteiger partial charge in [-0.1, -0.05) is 54.6 Å². The van der Waals surface area contributed by atoms with Gasteiger partial charge < -0.3 is 0 Å². The number of nitro groups is 1. The van der Waals surface area contributed by atoms with Crippen LogP contribution in [0.3, 0.4) is 0 Å². The van der Waals surface area contributed by atoms with Crippen molar-refractivity contribution in [2.45, 2.75) is 19.1 Å². The van der Waals surface area contributed by atoms with Crippen molar-refractivity contribution in [1.29, 1.82) is 0 Å². The van der Waals surface area contributed by atoms with E-state index in [1.807, 2.05) is 60.7 Å². The number of hydrogen-bond donors (Lipinski definition) is 0. The second kappa shape index (κ2) is 7.28. The van der Waals surface area contributed by atoms with Crippen LogP contribution in [-0.4, -0.2) is 22.8 Å². The minimum absolute atomic E-state index is 0.159. The highest BCUT2D eigenvalue weighted by atomic mass is 16.7. The number of benzene rings is 3. The van der Waals surface area contributed by atoms with Crippen LogP contribution in [0, 0.1) is 15.5 Å². The highest BCUT2D eigenvalue weighted by molar-refractivity contribution is 6.25. The van der Waals surface area contributed by atoms with Gasteiger partial charge in [0.25, 0.3) is 11.6 Å². The average Bonchev–Trinajstić information content (AvgIpc) is 3.23. The summed E-state index contributed by atoms with van der Waals surface area (Å²) in [5, 5.41) is 12.8. The van der Waals surface area contributed by atoms with E-state index in [1.54, 1.807) is 12.0 Å². The summed E-state index contributed by atoms with van der Waals surface area (Å²) < 4.78 is 0. The number of non-ortho nitro benzene ring substituents is 1. The van der Waals surface area contributed by atoms with Gasteiger partial charge in [-0.15, -0.1) is 0 Å². The molecule has 0 aliphatic carbocycles. The molecule has 8 heteroatoms. The number of amides is 2. The molecule has 2 heterocycles. The maximum absolute atomic E-state index is 13.8. The molecule has 0 unspecified atom stereocenters. The van der Waals surface area contributed by atoms with Crippen molar-refractivity contribution in [2.24, 2.45) is 5.41 Å². The summed E-state index contributed by atoms with van der Waals surface area (Å²) in [6, 6.07) is 23.6. The van der Waals surface area contributed by atoms with E-state index in [9.17, 15) is 19.7 Å². The molecule has 3 aromatic rings. The number of hydrogen-bond acceptors (Lipinski definition) is 6. The summed E-state index contributed by atoms with van der Waals surface area (Å²) >= 11 is 0. The molecule has 2 aliphatic heterocycles. The number of imide groups is 1. The van der Waals surface area contributed by atoms with Gasteiger partial charge in [0.1, 0.15) is 5.41 Å². The molecule has 8 nitrogen and oxygen atoms in total. The van der Waals surface area contributed by atoms with Crippen molar-refractivity contribution in [2.75, 3.05) is 9.96 Å². The lowest BCUT2D eigenvalue weighted by Gasteiger charge is -2.32. The monoisotopic (exact) mass is 429 g/mol. The van der Waals surface area contributed by atoms with E-state index >= 15 is 0 Å². The van der Waals surface area contributed by atoms with Gasteiger partial charge in [-0.2, -0.15) is 0 Å². The Labute approximate surface area is 183 Å². The number of carbonyl (C=O) groups excluding carboxylic acids is 2. The number of rotatable bonds is 4. The molecule has 32 heavy (non-hydrogen) atoms. The fraction of sp³-hybridized carbons (Fsp3) is 0.167. The van der Waals surface area contributed by atoms with Crippen molar-refractivity contribution in [1.82, 2.24) is 0 Å². The number of para-hydroxylation sites is 1. The molecule has 5 rings (SSSR count). The predicted molar refractivity (Wildman–Crippen MR) is 117 cm³/mol. The van der Waals surface area contributed by atoms with Gasteiger partial charge in [0.05, 0.1) is 22.3 Å². The van der Waals surface area contributed by atoms with Gasteiger partial charge >= 0.3 is 0 Å². The molecule has 2 amide bonds. The lowest BCUT2D eigenvalue weighted by Crippen LogP contribution is -2.41. The normalized spacial score (nSPS) is 24.7. The van der Waals surface area contributed by atoms with Crippen molar-refractivity contribution in [3.63, 3.8) is 0 Å². The lowest BCUT2D eigenvalue weighted by atomic mass is 9.76. The van der Waals surface area contributed by atoms with Gasteiger partial charge in [-0.05, 0) is 30.7 Å². The van der Waals surface area contributed by atoms with Crippen molar-refractivity contribution in [3.8, 4) is 0 Å². The minimum atomic E-state index is -1.24. The number of fused-ring (bicyclic) bond motifs is 1. The Morgan fingerprint density at radius 3 is 2.19 bits per heavy atom. The third kappa shape index (κ3) is 2.80. The third-order valence-electron chi connectivity index (χ3n) is 6.10. The predicted octanol–water partition coefficient (Wildman–Crippen LogP) is 4.04. The van der Waals surface area contributed by atoms with Crippen LogP contribution in [0.4, 0.5) is 17.1 Å². The van der Waals surface area contributed by atoms with Crippen LogP contribution < -0.4 is 9.96 Å². The summed E-state index contributed by atoms with van der Waals surface area (Å²) in [6.07, 6.45) is -1.07. The van der Waals surface area contributed by atoms with E-state index < -0.39 is 34.3 Å². The van der Waals surface area contributed by atoms with E-state index in [0.29, 0.717) is 0 Å². The van der Waals surface area contributed by atoms with E-state index in [0.717, 1.165) is 16.2 Å². The number of anilines is 2. The van der Waals surface area contributed by atoms with Crippen LogP contribution in [0.15, 0.2) is 84.9 Å². The first-order valence-electron chi connectivity index (χ1n) is 10.1. The molecule has 2 aliphatic rings. The van der Waals surface area contributed by atoms with Crippen molar-refractivity contribution >= 4 is 28.9 Å². The van der Waals surface area contributed by atoms with Crippen molar-refractivity contribution in [3.05, 3.63) is 101 Å². The summed E-state index contributed by atoms with van der Waals surface area (Å²) in [6.45, 7) is 1.72. The van der Waals surface area contributed by atoms with E-state index in [1.165, 1.54) is 24.3 Å². The van der Waals surface area contributed by atoms with Gasteiger partial charge in [-0.3, -0.25) is 24.5 Å². The minimum Gasteiger partial charge on any atom is -0.273 e. The first kappa shape index (κ1) is 19.9. The fourth-order valence-electron chi connectivity index (χ4n) is 4.55. The topological polar surface area (TPSA) is 93.0 Å². The van der Waals surface area contributed by atoms with Gasteiger partial charge in [0.2, 0.25) is 5.91 Å². The molecule has 0 aromatic heterocycles. The number of nitro benzene ring substituents is 1. The Hall–Kier alpha value is -4.04. The molecule has 0 radical (unpaired) electrons. The molecule has 0 saturated carbocycles. The van der Waals surface area contributed by atoms with Crippen LogP contribution in [0.25, 0.3) is 0 Å². The van der Waals surface area contributed by atoms with Crippen LogP contribution in [0.5, 0.6) is 0 Å². The summed E-state index contributed by atoms with van der Waals surface area (Å²) in [5.41, 5.74) is 0.268. The summed E-state index contributed by atoms with van der Waals surface area (Å²) in [5.74, 6) is -1.00.